The van der Waals surface area contributed by atoms with Gasteiger partial charge in [0, 0.05) is 19.6 Å². The van der Waals surface area contributed by atoms with E-state index in [-0.39, 0.29) is 17.7 Å². The minimum atomic E-state index is -3.43. The maximum absolute atomic E-state index is 12.1. The van der Waals surface area contributed by atoms with Gasteiger partial charge in [-0.05, 0) is 37.7 Å². The van der Waals surface area contributed by atoms with E-state index in [0.717, 1.165) is 6.42 Å². The molecule has 1 aliphatic rings. The zero-order valence-electron chi connectivity index (χ0n) is 13.5. The Bertz CT molecular complexity index is 638. The molecule has 3 N–H and O–H groups in total. The summed E-state index contributed by atoms with van der Waals surface area (Å²) in [6, 6.07) is 8.16. The van der Waals surface area contributed by atoms with Gasteiger partial charge in [0.2, 0.25) is 10.0 Å². The fourth-order valence-electron chi connectivity index (χ4n) is 2.92. The number of hydrogen-bond donors (Lipinski definition) is 2. The van der Waals surface area contributed by atoms with Gasteiger partial charge in [-0.2, -0.15) is 0 Å². The van der Waals surface area contributed by atoms with Crippen molar-refractivity contribution >= 4 is 16.1 Å². The van der Waals surface area contributed by atoms with Gasteiger partial charge in [-0.3, -0.25) is 0 Å². The summed E-state index contributed by atoms with van der Waals surface area (Å²) in [5.41, 5.74) is 2.42. The van der Waals surface area contributed by atoms with Crippen molar-refractivity contribution in [2.45, 2.75) is 26.2 Å². The Morgan fingerprint density at radius 2 is 2.04 bits per heavy atom. The third kappa shape index (κ3) is 6.19. The van der Waals surface area contributed by atoms with E-state index in [1.54, 1.807) is 4.90 Å². The number of likely N-dealkylation sites (tertiary alicyclic amines) is 1. The summed E-state index contributed by atoms with van der Waals surface area (Å²) in [5.74, 6) is 0.0665. The molecule has 1 heterocycles. The van der Waals surface area contributed by atoms with Gasteiger partial charge in [0.1, 0.15) is 0 Å². The van der Waals surface area contributed by atoms with E-state index in [1.807, 2.05) is 19.1 Å². The van der Waals surface area contributed by atoms with Gasteiger partial charge in [-0.25, -0.2) is 18.4 Å². The van der Waals surface area contributed by atoms with Crippen molar-refractivity contribution in [2.24, 2.45) is 11.1 Å². The van der Waals surface area contributed by atoms with Gasteiger partial charge in [0.15, 0.2) is 0 Å². The Balaban J connectivity index is 1.71. The number of benzene rings is 1. The summed E-state index contributed by atoms with van der Waals surface area (Å²) >= 11 is 0. The highest BCUT2D eigenvalue weighted by molar-refractivity contribution is 7.89. The molecule has 1 saturated heterocycles. The van der Waals surface area contributed by atoms with Gasteiger partial charge >= 0.3 is 6.03 Å². The molecule has 23 heavy (non-hydrogen) atoms. The van der Waals surface area contributed by atoms with Gasteiger partial charge < -0.3 is 10.2 Å². The third-order valence-electron chi connectivity index (χ3n) is 4.14. The first-order chi connectivity index (χ1) is 10.8. The van der Waals surface area contributed by atoms with Crippen LogP contribution in [0.15, 0.2) is 24.3 Å². The number of carbonyl (C=O) groups excluding carboxylic acids is 1. The average molecular weight is 339 g/mol. The molecular weight excluding hydrogens is 314 g/mol. The molecule has 1 aliphatic heterocycles. The normalized spacial score (nSPS) is 16.3. The molecule has 0 spiro atoms. The maximum atomic E-state index is 12.1. The highest BCUT2D eigenvalue weighted by atomic mass is 32.2. The highest BCUT2D eigenvalue weighted by Crippen LogP contribution is 2.18. The lowest BCUT2D eigenvalue weighted by Gasteiger charge is -2.31. The number of amides is 2. The molecule has 0 saturated carbocycles. The Morgan fingerprint density at radius 1 is 1.35 bits per heavy atom. The molecule has 6 nitrogen and oxygen atoms in total. The van der Waals surface area contributed by atoms with Gasteiger partial charge in [0.05, 0.1) is 5.75 Å². The van der Waals surface area contributed by atoms with Gasteiger partial charge in [0.25, 0.3) is 0 Å². The summed E-state index contributed by atoms with van der Waals surface area (Å²) in [6.07, 6.45) is 2.17. The van der Waals surface area contributed by atoms with Crippen LogP contribution in [0.25, 0.3) is 0 Å². The zero-order chi connectivity index (χ0) is 16.9. The Kier molecular flexibility index (Phi) is 6.01. The van der Waals surface area contributed by atoms with E-state index in [0.29, 0.717) is 32.5 Å². The number of nitrogens with one attached hydrogen (secondary N) is 1. The van der Waals surface area contributed by atoms with E-state index in [2.05, 4.69) is 17.4 Å². The van der Waals surface area contributed by atoms with E-state index in [4.69, 9.17) is 5.14 Å². The lowest BCUT2D eigenvalue weighted by atomic mass is 9.99. The zero-order valence-corrected chi connectivity index (χ0v) is 14.3. The number of hydrogen-bond acceptors (Lipinski definition) is 3. The molecule has 0 atom stereocenters. The molecule has 0 radical (unpaired) electrons. The minimum absolute atomic E-state index is 0.00974. The van der Waals surface area contributed by atoms with Crippen molar-refractivity contribution in [1.29, 1.82) is 0 Å². The van der Waals surface area contributed by atoms with Gasteiger partial charge in [-0.15, -0.1) is 0 Å². The fourth-order valence-corrected chi connectivity index (χ4v) is 3.91. The van der Waals surface area contributed by atoms with Crippen LogP contribution in [0, 0.1) is 12.8 Å². The van der Waals surface area contributed by atoms with Crippen LogP contribution < -0.4 is 10.5 Å². The van der Waals surface area contributed by atoms with Crippen LogP contribution in [-0.4, -0.2) is 44.7 Å². The number of urea groups is 1. The topological polar surface area (TPSA) is 92.5 Å². The number of piperidine rings is 1. The van der Waals surface area contributed by atoms with E-state index in [9.17, 15) is 13.2 Å². The van der Waals surface area contributed by atoms with Crippen LogP contribution >= 0.6 is 0 Å². The van der Waals surface area contributed by atoms with Crippen molar-refractivity contribution in [3.05, 3.63) is 35.4 Å². The molecule has 0 aromatic heterocycles. The number of carbonyl (C=O) groups is 1. The van der Waals surface area contributed by atoms with Crippen molar-refractivity contribution in [1.82, 2.24) is 10.2 Å². The SMILES string of the molecule is Cc1cccc(CCNC(=O)N2CCC(CS(N)(=O)=O)CC2)c1. The van der Waals surface area contributed by atoms with Crippen molar-refractivity contribution in [2.75, 3.05) is 25.4 Å². The number of primary sulfonamides is 1. The largest absolute Gasteiger partial charge is 0.338 e. The quantitative estimate of drug-likeness (QED) is 0.845. The number of nitrogens with zero attached hydrogens (tertiary/aromatic N) is 1. The monoisotopic (exact) mass is 339 g/mol. The highest BCUT2D eigenvalue weighted by Gasteiger charge is 2.25. The first-order valence-corrected chi connectivity index (χ1v) is 9.64. The predicted molar refractivity (Wildman–Crippen MR) is 90.6 cm³/mol. The van der Waals surface area contributed by atoms with Crippen LogP contribution in [0.2, 0.25) is 0 Å². The van der Waals surface area contributed by atoms with Crippen molar-refractivity contribution in [3.63, 3.8) is 0 Å². The second-order valence-electron chi connectivity index (χ2n) is 6.23. The number of rotatable bonds is 5. The molecule has 0 unspecified atom stereocenters. The van der Waals surface area contributed by atoms with E-state index < -0.39 is 10.0 Å². The Morgan fingerprint density at radius 3 is 2.65 bits per heavy atom. The van der Waals surface area contributed by atoms with Crippen molar-refractivity contribution < 1.29 is 13.2 Å². The van der Waals surface area contributed by atoms with Crippen molar-refractivity contribution in [3.8, 4) is 0 Å². The summed E-state index contributed by atoms with van der Waals surface area (Å²) in [5, 5.41) is 8.00. The smallest absolute Gasteiger partial charge is 0.317 e. The molecule has 0 bridgehead atoms. The lowest BCUT2D eigenvalue weighted by molar-refractivity contribution is 0.174. The molecule has 128 valence electrons. The summed E-state index contributed by atoms with van der Waals surface area (Å²) in [6.45, 7) is 3.81. The molecule has 7 heteroatoms. The summed E-state index contributed by atoms with van der Waals surface area (Å²) in [4.78, 5) is 13.9. The minimum Gasteiger partial charge on any atom is -0.338 e. The first kappa shape index (κ1) is 17.7. The summed E-state index contributed by atoms with van der Waals surface area (Å²) < 4.78 is 22.2. The van der Waals surface area contributed by atoms with Crippen LogP contribution in [0.5, 0.6) is 0 Å². The Labute approximate surface area is 138 Å². The number of nitrogens with two attached hydrogens (primary N) is 1. The molecular formula is C16H25N3O3S. The summed E-state index contributed by atoms with van der Waals surface area (Å²) in [7, 11) is -3.43. The predicted octanol–water partition coefficient (Wildman–Crippen LogP) is 1.25. The van der Waals surface area contributed by atoms with Crippen LogP contribution in [0.3, 0.4) is 0 Å². The standard InChI is InChI=1S/C16H25N3O3S/c1-13-3-2-4-14(11-13)5-8-18-16(20)19-9-6-15(7-10-19)12-23(17,21)22/h2-4,11,15H,5-10,12H2,1H3,(H,18,20)(H2,17,21,22). The van der Waals surface area contributed by atoms with Crippen LogP contribution in [0.1, 0.15) is 24.0 Å². The molecule has 1 aromatic rings. The van der Waals surface area contributed by atoms with Gasteiger partial charge in [-0.1, -0.05) is 29.8 Å². The molecule has 0 aliphatic carbocycles. The molecule has 1 aromatic carbocycles. The second kappa shape index (κ2) is 7.79. The molecule has 2 rings (SSSR count). The maximum Gasteiger partial charge on any atom is 0.317 e. The van der Waals surface area contributed by atoms with E-state index in [1.165, 1.54) is 11.1 Å². The van der Waals surface area contributed by atoms with Crippen LogP contribution in [-0.2, 0) is 16.4 Å². The van der Waals surface area contributed by atoms with E-state index >= 15 is 0 Å². The molecule has 1 fully saturated rings. The third-order valence-corrected chi connectivity index (χ3v) is 5.08. The second-order valence-corrected chi connectivity index (χ2v) is 7.89. The lowest BCUT2D eigenvalue weighted by Crippen LogP contribution is -2.46. The number of aryl methyl sites for hydroxylation is 1. The average Bonchev–Trinajstić information content (AvgIpc) is 2.46. The molecule has 2 amide bonds. The number of sulfonamides is 1. The Hall–Kier alpha value is -1.60. The van der Waals surface area contributed by atoms with Crippen LogP contribution in [0.4, 0.5) is 4.79 Å². The fraction of sp³-hybridized carbons (Fsp3) is 0.562. The first-order valence-electron chi connectivity index (χ1n) is 7.92.